The van der Waals surface area contributed by atoms with Gasteiger partial charge >= 0.3 is 0 Å². The standard InChI is InChI=1S/C20H17FO4S/c1-13-4-3-5-14(2)20(13)25-16-8-11-18(22)19(12-16)26(23,24)17-9-6-15(21)7-10-17/h3-12,22H,1-2H3. The van der Waals surface area contributed by atoms with Crippen LogP contribution in [-0.4, -0.2) is 13.5 Å². The summed E-state index contributed by atoms with van der Waals surface area (Å²) in [6.07, 6.45) is 0. The molecule has 0 aliphatic heterocycles. The fraction of sp³-hybridized carbons (Fsp3) is 0.100. The average Bonchev–Trinajstić information content (AvgIpc) is 2.60. The molecule has 0 saturated carbocycles. The van der Waals surface area contributed by atoms with Gasteiger partial charge in [0.15, 0.2) is 0 Å². The Morgan fingerprint density at radius 1 is 0.923 bits per heavy atom. The number of sulfone groups is 1. The second-order valence-electron chi connectivity index (χ2n) is 5.91. The summed E-state index contributed by atoms with van der Waals surface area (Å²) in [7, 11) is -4.02. The number of aromatic hydroxyl groups is 1. The largest absolute Gasteiger partial charge is 0.507 e. The molecule has 0 aliphatic carbocycles. The van der Waals surface area contributed by atoms with Crippen LogP contribution in [0.4, 0.5) is 4.39 Å². The highest BCUT2D eigenvalue weighted by Gasteiger charge is 2.23. The van der Waals surface area contributed by atoms with Crippen LogP contribution in [0.25, 0.3) is 0 Å². The minimum Gasteiger partial charge on any atom is -0.507 e. The molecule has 0 aromatic heterocycles. The maximum atomic E-state index is 13.1. The second kappa shape index (κ2) is 6.80. The Kier molecular flexibility index (Phi) is 4.70. The van der Waals surface area contributed by atoms with Gasteiger partial charge in [0.1, 0.15) is 28.0 Å². The molecule has 0 unspecified atom stereocenters. The molecule has 3 aromatic carbocycles. The third-order valence-corrected chi connectivity index (χ3v) is 5.77. The molecule has 6 heteroatoms. The zero-order chi connectivity index (χ0) is 18.9. The van der Waals surface area contributed by atoms with Crippen molar-refractivity contribution in [3.05, 3.63) is 77.6 Å². The molecule has 0 aliphatic rings. The molecule has 0 atom stereocenters. The average molecular weight is 372 g/mol. The molecule has 1 N–H and O–H groups in total. The van der Waals surface area contributed by atoms with E-state index in [-0.39, 0.29) is 15.5 Å². The number of phenolic OH excluding ortho intramolecular Hbond substituents is 1. The molecule has 3 rings (SSSR count). The quantitative estimate of drug-likeness (QED) is 0.670. The monoisotopic (exact) mass is 372 g/mol. The topological polar surface area (TPSA) is 63.6 Å². The lowest BCUT2D eigenvalue weighted by molar-refractivity contribution is 0.447. The Labute approximate surface area is 151 Å². The van der Waals surface area contributed by atoms with E-state index in [9.17, 15) is 17.9 Å². The van der Waals surface area contributed by atoms with Crippen molar-refractivity contribution in [2.24, 2.45) is 0 Å². The van der Waals surface area contributed by atoms with Crippen LogP contribution in [0, 0.1) is 19.7 Å². The van der Waals surface area contributed by atoms with Gasteiger partial charge in [0.25, 0.3) is 0 Å². The van der Waals surface area contributed by atoms with E-state index in [4.69, 9.17) is 4.74 Å². The maximum absolute atomic E-state index is 13.1. The van der Waals surface area contributed by atoms with Gasteiger partial charge in [-0.3, -0.25) is 0 Å². The number of hydrogen-bond acceptors (Lipinski definition) is 4. The Hall–Kier alpha value is -2.86. The number of ether oxygens (including phenoxy) is 1. The van der Waals surface area contributed by atoms with Gasteiger partial charge in [0.2, 0.25) is 9.84 Å². The fourth-order valence-electron chi connectivity index (χ4n) is 2.59. The number of aryl methyl sites for hydroxylation is 2. The summed E-state index contributed by atoms with van der Waals surface area (Å²) in [6, 6.07) is 14.1. The molecule has 134 valence electrons. The van der Waals surface area contributed by atoms with Crippen molar-refractivity contribution in [1.82, 2.24) is 0 Å². The van der Waals surface area contributed by atoms with Crippen LogP contribution in [0.5, 0.6) is 17.2 Å². The van der Waals surface area contributed by atoms with Crippen molar-refractivity contribution in [1.29, 1.82) is 0 Å². The molecule has 0 radical (unpaired) electrons. The SMILES string of the molecule is Cc1cccc(C)c1Oc1ccc(O)c(S(=O)(=O)c2ccc(F)cc2)c1. The van der Waals surface area contributed by atoms with Crippen molar-refractivity contribution >= 4 is 9.84 Å². The van der Waals surface area contributed by atoms with E-state index in [0.29, 0.717) is 5.75 Å². The molecule has 0 amide bonds. The lowest BCUT2D eigenvalue weighted by Crippen LogP contribution is -2.03. The summed E-state index contributed by atoms with van der Waals surface area (Å²) in [6.45, 7) is 3.78. The molecule has 0 bridgehead atoms. The summed E-state index contributed by atoms with van der Waals surface area (Å²) in [5, 5.41) is 10.1. The van der Waals surface area contributed by atoms with Crippen molar-refractivity contribution in [3.8, 4) is 17.2 Å². The summed E-state index contributed by atoms with van der Waals surface area (Å²) >= 11 is 0. The maximum Gasteiger partial charge on any atom is 0.210 e. The Morgan fingerprint density at radius 3 is 2.15 bits per heavy atom. The first-order valence-corrected chi connectivity index (χ1v) is 9.35. The number of para-hydroxylation sites is 1. The van der Waals surface area contributed by atoms with E-state index in [2.05, 4.69) is 0 Å². The summed E-state index contributed by atoms with van der Waals surface area (Å²) in [5.41, 5.74) is 1.81. The minimum atomic E-state index is -4.02. The van der Waals surface area contributed by atoms with Crippen LogP contribution in [0.15, 0.2) is 70.5 Å². The molecule has 0 heterocycles. The van der Waals surface area contributed by atoms with Crippen molar-refractivity contribution < 1.29 is 22.7 Å². The van der Waals surface area contributed by atoms with Gasteiger partial charge < -0.3 is 9.84 Å². The van der Waals surface area contributed by atoms with Gasteiger partial charge in [0.05, 0.1) is 4.90 Å². The van der Waals surface area contributed by atoms with E-state index in [1.165, 1.54) is 18.2 Å². The van der Waals surface area contributed by atoms with Crippen molar-refractivity contribution in [2.45, 2.75) is 23.6 Å². The predicted octanol–water partition coefficient (Wildman–Crippen LogP) is 4.77. The first-order valence-electron chi connectivity index (χ1n) is 7.87. The second-order valence-corrected chi connectivity index (χ2v) is 7.83. The normalized spacial score (nSPS) is 11.3. The highest BCUT2D eigenvalue weighted by molar-refractivity contribution is 7.91. The van der Waals surface area contributed by atoms with Gasteiger partial charge in [0, 0.05) is 6.07 Å². The highest BCUT2D eigenvalue weighted by atomic mass is 32.2. The first-order chi connectivity index (χ1) is 12.3. The van der Waals surface area contributed by atoms with E-state index >= 15 is 0 Å². The number of halogens is 1. The molecule has 0 spiro atoms. The molecule has 0 fully saturated rings. The van der Waals surface area contributed by atoms with Crippen LogP contribution in [0.1, 0.15) is 11.1 Å². The Bertz CT molecular complexity index is 1040. The predicted molar refractivity (Wildman–Crippen MR) is 95.9 cm³/mol. The van der Waals surface area contributed by atoms with E-state index in [1.807, 2.05) is 32.0 Å². The lowest BCUT2D eigenvalue weighted by atomic mass is 10.1. The summed E-state index contributed by atoms with van der Waals surface area (Å²) in [4.78, 5) is -0.411. The Morgan fingerprint density at radius 2 is 1.54 bits per heavy atom. The third-order valence-electron chi connectivity index (χ3n) is 3.97. The van der Waals surface area contributed by atoms with Crippen LogP contribution < -0.4 is 4.74 Å². The molecule has 0 saturated heterocycles. The van der Waals surface area contributed by atoms with E-state index < -0.39 is 21.4 Å². The van der Waals surface area contributed by atoms with Crippen LogP contribution >= 0.6 is 0 Å². The van der Waals surface area contributed by atoms with Crippen LogP contribution in [0.3, 0.4) is 0 Å². The Balaban J connectivity index is 2.04. The lowest BCUT2D eigenvalue weighted by Gasteiger charge is -2.13. The smallest absolute Gasteiger partial charge is 0.210 e. The van der Waals surface area contributed by atoms with Crippen molar-refractivity contribution in [2.75, 3.05) is 0 Å². The van der Waals surface area contributed by atoms with Crippen molar-refractivity contribution in [3.63, 3.8) is 0 Å². The number of phenols is 1. The fourth-order valence-corrected chi connectivity index (χ4v) is 3.95. The van der Waals surface area contributed by atoms with Gasteiger partial charge in [-0.1, -0.05) is 18.2 Å². The highest BCUT2D eigenvalue weighted by Crippen LogP contribution is 2.35. The van der Waals surface area contributed by atoms with Gasteiger partial charge in [-0.2, -0.15) is 0 Å². The molecule has 4 nitrogen and oxygen atoms in total. The number of rotatable bonds is 4. The zero-order valence-corrected chi connectivity index (χ0v) is 15.0. The summed E-state index contributed by atoms with van der Waals surface area (Å²) < 4.78 is 44.5. The summed E-state index contributed by atoms with van der Waals surface area (Å²) in [5.74, 6) is -0.0346. The molecule has 26 heavy (non-hydrogen) atoms. The molecule has 3 aromatic rings. The third kappa shape index (κ3) is 3.41. The van der Waals surface area contributed by atoms with Gasteiger partial charge in [-0.25, -0.2) is 12.8 Å². The van der Waals surface area contributed by atoms with Crippen LogP contribution in [-0.2, 0) is 9.84 Å². The number of benzene rings is 3. The van der Waals surface area contributed by atoms with Gasteiger partial charge in [-0.15, -0.1) is 0 Å². The zero-order valence-electron chi connectivity index (χ0n) is 14.2. The first kappa shape index (κ1) is 17.9. The molecular weight excluding hydrogens is 355 g/mol. The van der Waals surface area contributed by atoms with E-state index in [1.54, 1.807) is 0 Å². The van der Waals surface area contributed by atoms with Gasteiger partial charge in [-0.05, 0) is 61.4 Å². The van der Waals surface area contributed by atoms with E-state index in [0.717, 1.165) is 35.4 Å². The number of hydrogen-bond donors (Lipinski definition) is 1. The van der Waals surface area contributed by atoms with Crippen LogP contribution in [0.2, 0.25) is 0 Å². The minimum absolute atomic E-state index is 0.113. The molecular formula is C20H17FO4S.